The summed E-state index contributed by atoms with van der Waals surface area (Å²) >= 11 is 1.35. The van der Waals surface area contributed by atoms with E-state index >= 15 is 0 Å². The van der Waals surface area contributed by atoms with Gasteiger partial charge >= 0.3 is 0 Å². The quantitative estimate of drug-likeness (QED) is 0.795. The van der Waals surface area contributed by atoms with Crippen molar-refractivity contribution in [3.8, 4) is 0 Å². The molecule has 0 saturated heterocycles. The molecule has 3 heterocycles. The number of nitrogens with zero attached hydrogens (tertiary/aromatic N) is 4. The predicted octanol–water partition coefficient (Wildman–Crippen LogP) is 2.18. The molecule has 0 aromatic carbocycles. The van der Waals surface area contributed by atoms with E-state index in [0.717, 1.165) is 0 Å². The third kappa shape index (κ3) is 2.44. The average molecular weight is 329 g/mol. The number of amides is 1. The summed E-state index contributed by atoms with van der Waals surface area (Å²) in [7, 11) is 0. The highest BCUT2D eigenvalue weighted by Gasteiger charge is 2.31. The van der Waals surface area contributed by atoms with Crippen LogP contribution < -0.4 is 10.9 Å². The Kier molecular flexibility index (Phi) is 3.26. The van der Waals surface area contributed by atoms with E-state index in [1.54, 1.807) is 23.8 Å². The lowest BCUT2D eigenvalue weighted by Gasteiger charge is -2.15. The lowest BCUT2D eigenvalue weighted by atomic mass is 10.2. The van der Waals surface area contributed by atoms with Crippen LogP contribution >= 0.6 is 11.3 Å². The van der Waals surface area contributed by atoms with Gasteiger partial charge in [-0.05, 0) is 25.7 Å². The largest absolute Gasteiger partial charge is 0.307 e. The van der Waals surface area contributed by atoms with Gasteiger partial charge in [0.2, 0.25) is 0 Å². The molecule has 0 bridgehead atoms. The summed E-state index contributed by atoms with van der Waals surface area (Å²) in [6, 6.07) is 1.98. The van der Waals surface area contributed by atoms with Gasteiger partial charge in [-0.2, -0.15) is 5.10 Å². The number of aromatic nitrogens is 4. The van der Waals surface area contributed by atoms with Gasteiger partial charge in [0, 0.05) is 23.8 Å². The first-order chi connectivity index (χ1) is 11.1. The van der Waals surface area contributed by atoms with Crippen LogP contribution in [0.1, 0.15) is 36.2 Å². The topological polar surface area (TPSA) is 81.3 Å². The molecule has 1 aliphatic carbocycles. The van der Waals surface area contributed by atoms with Gasteiger partial charge in [0.25, 0.3) is 11.5 Å². The van der Waals surface area contributed by atoms with E-state index in [2.05, 4.69) is 22.3 Å². The highest BCUT2D eigenvalue weighted by Crippen LogP contribution is 2.40. The summed E-state index contributed by atoms with van der Waals surface area (Å²) in [5.74, 6) is 0.747. The van der Waals surface area contributed by atoms with Crippen LogP contribution in [0.3, 0.4) is 0 Å². The minimum Gasteiger partial charge on any atom is -0.307 e. The van der Waals surface area contributed by atoms with Gasteiger partial charge in [-0.25, -0.2) is 9.67 Å². The fourth-order valence-electron chi connectivity index (χ4n) is 2.68. The maximum absolute atomic E-state index is 12.5. The number of fused-ring (bicyclic) bond motifs is 1. The summed E-state index contributed by atoms with van der Waals surface area (Å²) in [5, 5.41) is 8.83. The molecule has 0 radical (unpaired) electrons. The van der Waals surface area contributed by atoms with Crippen LogP contribution in [0, 0.1) is 5.92 Å². The molecule has 1 amide bonds. The van der Waals surface area contributed by atoms with E-state index in [1.807, 2.05) is 4.68 Å². The second-order valence-corrected chi connectivity index (χ2v) is 6.60. The SMILES string of the molecule is CC(C1CC1)n1nccc1NC(=O)c1cnc2sccn2c1=O. The third-order valence-corrected chi connectivity index (χ3v) is 4.96. The normalized spacial score (nSPS) is 15.7. The Bertz CT molecular complexity index is 937. The van der Waals surface area contributed by atoms with Crippen molar-refractivity contribution >= 4 is 28.0 Å². The number of rotatable bonds is 4. The molecule has 1 unspecified atom stereocenters. The molecule has 1 saturated carbocycles. The van der Waals surface area contributed by atoms with Gasteiger partial charge in [-0.1, -0.05) is 0 Å². The second kappa shape index (κ2) is 5.31. The average Bonchev–Trinajstić information content (AvgIpc) is 3.09. The maximum Gasteiger partial charge on any atom is 0.271 e. The van der Waals surface area contributed by atoms with Crippen molar-refractivity contribution in [1.29, 1.82) is 0 Å². The van der Waals surface area contributed by atoms with Gasteiger partial charge in [0.05, 0.1) is 12.2 Å². The number of carbonyl (C=O) groups is 1. The summed E-state index contributed by atoms with van der Waals surface area (Å²) in [6.07, 6.45) is 6.98. The van der Waals surface area contributed by atoms with Crippen molar-refractivity contribution in [2.24, 2.45) is 5.92 Å². The molecule has 0 spiro atoms. The number of carbonyl (C=O) groups excluding carboxylic acids is 1. The highest BCUT2D eigenvalue weighted by atomic mass is 32.1. The third-order valence-electron chi connectivity index (χ3n) is 4.19. The summed E-state index contributed by atoms with van der Waals surface area (Å²) in [6.45, 7) is 2.09. The van der Waals surface area contributed by atoms with E-state index in [1.165, 1.54) is 34.8 Å². The van der Waals surface area contributed by atoms with Crippen molar-refractivity contribution in [3.63, 3.8) is 0 Å². The van der Waals surface area contributed by atoms with Crippen LogP contribution in [0.2, 0.25) is 0 Å². The minimum absolute atomic E-state index is 0.0210. The van der Waals surface area contributed by atoms with Crippen LogP contribution in [-0.2, 0) is 0 Å². The maximum atomic E-state index is 12.5. The predicted molar refractivity (Wildman–Crippen MR) is 87.0 cm³/mol. The standard InChI is InChI=1S/C15H15N5O2S/c1-9(10-2-3-10)20-12(4-5-17-20)18-13(21)11-8-16-15-19(14(11)22)6-7-23-15/h4-10H,2-3H2,1H3,(H,18,21). The zero-order valence-electron chi connectivity index (χ0n) is 12.5. The number of hydrogen-bond acceptors (Lipinski definition) is 5. The first kappa shape index (κ1) is 14.1. The molecule has 118 valence electrons. The molecule has 1 fully saturated rings. The molecule has 3 aromatic rings. The molecule has 1 atom stereocenters. The van der Waals surface area contributed by atoms with E-state index in [0.29, 0.717) is 16.7 Å². The Hall–Kier alpha value is -2.48. The summed E-state index contributed by atoms with van der Waals surface area (Å²) in [4.78, 5) is 29.5. The minimum atomic E-state index is -0.465. The monoisotopic (exact) mass is 329 g/mol. The Morgan fingerprint density at radius 1 is 1.48 bits per heavy atom. The fourth-order valence-corrected chi connectivity index (χ4v) is 3.36. The number of anilines is 1. The van der Waals surface area contributed by atoms with Crippen molar-refractivity contribution in [2.75, 3.05) is 5.32 Å². The van der Waals surface area contributed by atoms with Crippen molar-refractivity contribution in [2.45, 2.75) is 25.8 Å². The molecule has 4 rings (SSSR count). The first-order valence-electron chi connectivity index (χ1n) is 7.45. The number of hydrogen-bond donors (Lipinski definition) is 1. The van der Waals surface area contributed by atoms with Crippen LogP contribution in [0.5, 0.6) is 0 Å². The van der Waals surface area contributed by atoms with E-state index in [9.17, 15) is 9.59 Å². The molecule has 23 heavy (non-hydrogen) atoms. The van der Waals surface area contributed by atoms with Gasteiger partial charge in [-0.15, -0.1) is 11.3 Å². The molecule has 7 nitrogen and oxygen atoms in total. The molecular weight excluding hydrogens is 314 g/mol. The second-order valence-electron chi connectivity index (χ2n) is 5.73. The lowest BCUT2D eigenvalue weighted by molar-refractivity contribution is 0.102. The van der Waals surface area contributed by atoms with Crippen LogP contribution in [-0.4, -0.2) is 25.1 Å². The lowest BCUT2D eigenvalue weighted by Crippen LogP contribution is -2.27. The van der Waals surface area contributed by atoms with Gasteiger partial charge in [-0.3, -0.25) is 14.0 Å². The van der Waals surface area contributed by atoms with Crippen molar-refractivity contribution < 1.29 is 4.79 Å². The Balaban J connectivity index is 1.63. The van der Waals surface area contributed by atoms with Crippen LogP contribution in [0.15, 0.2) is 34.8 Å². The Morgan fingerprint density at radius 2 is 2.30 bits per heavy atom. The number of thiazole rings is 1. The van der Waals surface area contributed by atoms with Gasteiger partial charge in [0.1, 0.15) is 11.4 Å². The molecular formula is C15H15N5O2S. The van der Waals surface area contributed by atoms with E-state index < -0.39 is 5.91 Å². The molecule has 0 aliphatic heterocycles. The van der Waals surface area contributed by atoms with Crippen LogP contribution in [0.25, 0.3) is 4.96 Å². The van der Waals surface area contributed by atoms with Crippen LogP contribution in [0.4, 0.5) is 5.82 Å². The fraction of sp³-hybridized carbons (Fsp3) is 0.333. The van der Waals surface area contributed by atoms with E-state index in [4.69, 9.17) is 0 Å². The van der Waals surface area contributed by atoms with Crippen molar-refractivity contribution in [1.82, 2.24) is 19.2 Å². The Morgan fingerprint density at radius 3 is 3.09 bits per heavy atom. The molecule has 1 N–H and O–H groups in total. The number of nitrogens with one attached hydrogen (secondary N) is 1. The Labute approximate surface area is 135 Å². The highest BCUT2D eigenvalue weighted by molar-refractivity contribution is 7.15. The molecule has 3 aromatic heterocycles. The van der Waals surface area contributed by atoms with Gasteiger partial charge in [0.15, 0.2) is 4.96 Å². The molecule has 8 heteroatoms. The summed E-state index contributed by atoms with van der Waals surface area (Å²) < 4.78 is 3.19. The zero-order valence-corrected chi connectivity index (χ0v) is 13.3. The smallest absolute Gasteiger partial charge is 0.271 e. The van der Waals surface area contributed by atoms with E-state index in [-0.39, 0.29) is 17.2 Å². The molecule has 1 aliphatic rings. The first-order valence-corrected chi connectivity index (χ1v) is 8.33. The zero-order chi connectivity index (χ0) is 16.0. The van der Waals surface area contributed by atoms with Gasteiger partial charge < -0.3 is 5.32 Å². The van der Waals surface area contributed by atoms with Crippen molar-refractivity contribution in [3.05, 3.63) is 46.0 Å². The summed E-state index contributed by atoms with van der Waals surface area (Å²) in [5.41, 5.74) is -0.345.